The molecule has 0 atom stereocenters. The molecule has 3 heteroatoms. The molecule has 0 aromatic heterocycles. The van der Waals surface area contributed by atoms with Gasteiger partial charge in [-0.3, -0.25) is 0 Å². The van der Waals surface area contributed by atoms with Gasteiger partial charge in [-0.05, 0) is 0 Å². The van der Waals surface area contributed by atoms with Crippen molar-refractivity contribution < 1.29 is 4.79 Å². The number of anilines is 1. The van der Waals surface area contributed by atoms with Crippen LogP contribution in [-0.4, -0.2) is 25.9 Å². The molecule has 68 valence electrons. The molecular formula is C10H11NOSe. The fraction of sp³-hybridized carbons (Fsp3) is 0.200. The van der Waals surface area contributed by atoms with Gasteiger partial charge in [0.05, 0.1) is 0 Å². The Kier molecular flexibility index (Phi) is 3.40. The fourth-order valence-electron chi connectivity index (χ4n) is 0.856. The van der Waals surface area contributed by atoms with E-state index >= 15 is 0 Å². The van der Waals surface area contributed by atoms with Crippen molar-refractivity contribution >= 4 is 31.6 Å². The predicted molar refractivity (Wildman–Crippen MR) is 56.2 cm³/mol. The molecule has 1 rings (SSSR count). The Morgan fingerprint density at radius 3 is 2.31 bits per heavy atom. The molecule has 0 fully saturated rings. The molecule has 1 N–H and O–H groups in total. The maximum absolute atomic E-state index is 11.2. The number of hydrogen-bond acceptors (Lipinski definition) is 1. The van der Waals surface area contributed by atoms with E-state index in [0.717, 1.165) is 5.69 Å². The number of benzene rings is 1. The molecule has 1 aromatic carbocycles. The van der Waals surface area contributed by atoms with Gasteiger partial charge in [-0.25, -0.2) is 0 Å². The van der Waals surface area contributed by atoms with E-state index < -0.39 is 0 Å². The molecule has 1 aromatic rings. The van der Waals surface area contributed by atoms with Crippen molar-refractivity contribution in [3.8, 4) is 0 Å². The predicted octanol–water partition coefficient (Wildman–Crippen LogP) is 1.29. The normalized spacial score (nSPS) is 9.38. The van der Waals surface area contributed by atoms with E-state index in [4.69, 9.17) is 0 Å². The zero-order valence-corrected chi connectivity index (χ0v) is 9.34. The van der Waals surface area contributed by atoms with Crippen LogP contribution in [0, 0.1) is 6.92 Å². The van der Waals surface area contributed by atoms with Crippen molar-refractivity contribution in [2.24, 2.45) is 0 Å². The van der Waals surface area contributed by atoms with Gasteiger partial charge in [-0.2, -0.15) is 0 Å². The zero-order chi connectivity index (χ0) is 9.84. The molecule has 0 heterocycles. The molecule has 0 aliphatic carbocycles. The summed E-state index contributed by atoms with van der Waals surface area (Å²) >= 11 is 2.68. The second kappa shape index (κ2) is 4.35. The Hall–Kier alpha value is -0.921. The van der Waals surface area contributed by atoms with Crippen LogP contribution < -0.4 is 5.32 Å². The molecule has 0 saturated carbocycles. The first-order valence-corrected chi connectivity index (χ1v) is 4.84. The number of carbonyl (C=O) groups is 1. The summed E-state index contributed by atoms with van der Waals surface area (Å²) in [5.74, 6) is -0.0798. The van der Waals surface area contributed by atoms with Crippen molar-refractivity contribution in [1.29, 1.82) is 0 Å². The number of hydrogen-bond donors (Lipinski definition) is 1. The molecule has 0 unspecified atom stereocenters. The van der Waals surface area contributed by atoms with Crippen molar-refractivity contribution in [2.75, 3.05) is 5.32 Å². The monoisotopic (exact) mass is 241 g/mol. The average molecular weight is 240 g/mol. The third kappa shape index (κ3) is 3.13. The standard InChI is InChI=1S/C10H11NOSe/c1-7-3-5-9(6-4-7)11-10(12)8(2)13/h3-6H,1-2H3,(H,11,12). The second-order valence-electron chi connectivity index (χ2n) is 2.88. The molecule has 13 heavy (non-hydrogen) atoms. The summed E-state index contributed by atoms with van der Waals surface area (Å²) in [4.78, 5) is 11.2. The molecule has 1 amide bonds. The Morgan fingerprint density at radius 1 is 1.31 bits per heavy atom. The molecule has 0 aliphatic heterocycles. The summed E-state index contributed by atoms with van der Waals surface area (Å²) in [6, 6.07) is 7.70. The van der Waals surface area contributed by atoms with Crippen LogP contribution in [0.4, 0.5) is 5.69 Å². The third-order valence-electron chi connectivity index (χ3n) is 1.63. The van der Waals surface area contributed by atoms with E-state index in [-0.39, 0.29) is 5.91 Å². The minimum absolute atomic E-state index is 0.0798. The van der Waals surface area contributed by atoms with Crippen LogP contribution in [0.5, 0.6) is 0 Å². The van der Waals surface area contributed by atoms with Gasteiger partial charge < -0.3 is 0 Å². The summed E-state index contributed by atoms with van der Waals surface area (Å²) in [5.41, 5.74) is 2.01. The Balaban J connectivity index is 2.70. The van der Waals surface area contributed by atoms with Crippen LogP contribution in [0.1, 0.15) is 12.5 Å². The minimum atomic E-state index is -0.0798. The molecule has 2 nitrogen and oxygen atoms in total. The van der Waals surface area contributed by atoms with Gasteiger partial charge in [-0.1, -0.05) is 0 Å². The Morgan fingerprint density at radius 2 is 1.85 bits per heavy atom. The van der Waals surface area contributed by atoms with Crippen molar-refractivity contribution in [3.63, 3.8) is 0 Å². The molecular weight excluding hydrogens is 229 g/mol. The van der Waals surface area contributed by atoms with Gasteiger partial charge in [0, 0.05) is 0 Å². The van der Waals surface area contributed by atoms with E-state index in [2.05, 4.69) is 20.9 Å². The number of nitrogens with one attached hydrogen (secondary N) is 1. The van der Waals surface area contributed by atoms with Crippen LogP contribution in [0.25, 0.3) is 0 Å². The second-order valence-corrected chi connectivity index (χ2v) is 4.16. The summed E-state index contributed by atoms with van der Waals surface area (Å²) in [7, 11) is 0. The third-order valence-corrected chi connectivity index (χ3v) is 2.02. The summed E-state index contributed by atoms with van der Waals surface area (Å²) in [5, 5.41) is 2.76. The zero-order valence-electron chi connectivity index (χ0n) is 7.63. The van der Waals surface area contributed by atoms with Crippen LogP contribution >= 0.6 is 0 Å². The van der Waals surface area contributed by atoms with E-state index in [0.29, 0.717) is 4.42 Å². The van der Waals surface area contributed by atoms with E-state index in [1.807, 2.05) is 31.2 Å². The van der Waals surface area contributed by atoms with Crippen LogP contribution in [0.3, 0.4) is 0 Å². The van der Waals surface area contributed by atoms with Crippen molar-refractivity contribution in [2.45, 2.75) is 13.8 Å². The Labute approximate surface area is 85.7 Å². The molecule has 0 aliphatic rings. The van der Waals surface area contributed by atoms with E-state index in [1.54, 1.807) is 6.92 Å². The number of amides is 1. The van der Waals surface area contributed by atoms with Crippen molar-refractivity contribution in [3.05, 3.63) is 29.8 Å². The number of aryl methyl sites for hydroxylation is 1. The van der Waals surface area contributed by atoms with Crippen LogP contribution in [0.2, 0.25) is 0 Å². The molecule has 0 spiro atoms. The first-order chi connectivity index (χ1) is 6.09. The Bertz CT molecular complexity index is 329. The van der Waals surface area contributed by atoms with E-state index in [9.17, 15) is 4.79 Å². The van der Waals surface area contributed by atoms with Crippen LogP contribution in [-0.2, 0) is 4.79 Å². The van der Waals surface area contributed by atoms with Gasteiger partial charge in [-0.15, -0.1) is 0 Å². The molecule has 0 radical (unpaired) electrons. The molecule has 0 saturated heterocycles. The first-order valence-electron chi connectivity index (χ1n) is 3.98. The summed E-state index contributed by atoms with van der Waals surface area (Å²) in [6.45, 7) is 3.75. The van der Waals surface area contributed by atoms with Crippen molar-refractivity contribution in [1.82, 2.24) is 0 Å². The topological polar surface area (TPSA) is 29.1 Å². The summed E-state index contributed by atoms with van der Waals surface area (Å²) < 4.78 is 0.639. The van der Waals surface area contributed by atoms with Gasteiger partial charge >= 0.3 is 85.4 Å². The molecule has 0 bridgehead atoms. The average Bonchev–Trinajstić information content (AvgIpc) is 2.08. The summed E-state index contributed by atoms with van der Waals surface area (Å²) in [6.07, 6.45) is 0. The SMILES string of the molecule is CC(=[Se])C(=O)Nc1ccc(C)cc1. The fourth-order valence-corrected chi connectivity index (χ4v) is 0.963. The van der Waals surface area contributed by atoms with Gasteiger partial charge in [0.1, 0.15) is 0 Å². The maximum atomic E-state index is 11.2. The number of carbonyl (C=O) groups excluding carboxylic acids is 1. The van der Waals surface area contributed by atoms with Gasteiger partial charge in [0.15, 0.2) is 0 Å². The first kappa shape index (κ1) is 10.2. The quantitative estimate of drug-likeness (QED) is 0.775. The van der Waals surface area contributed by atoms with Crippen LogP contribution in [0.15, 0.2) is 24.3 Å². The van der Waals surface area contributed by atoms with E-state index in [1.165, 1.54) is 5.56 Å². The number of rotatable bonds is 2. The van der Waals surface area contributed by atoms with Gasteiger partial charge in [0.25, 0.3) is 0 Å². The van der Waals surface area contributed by atoms with Gasteiger partial charge in [0.2, 0.25) is 0 Å².